The highest BCUT2D eigenvalue weighted by Crippen LogP contribution is 2.27. The van der Waals surface area contributed by atoms with E-state index in [-0.39, 0.29) is 24.5 Å². The van der Waals surface area contributed by atoms with E-state index in [2.05, 4.69) is 15.3 Å². The largest absolute Gasteiger partial charge is 0.434 e. The summed E-state index contributed by atoms with van der Waals surface area (Å²) >= 11 is 0. The summed E-state index contributed by atoms with van der Waals surface area (Å²) in [5.74, 6) is 0.352. The Bertz CT molecular complexity index is 361. The molecule has 8 heteroatoms. The van der Waals surface area contributed by atoms with Gasteiger partial charge in [0.2, 0.25) is 0 Å². The standard InChI is InChI=1S/C9H11F3N4.ClH/c10-9(11,12)7-3-15-8(4-14-7)16-6-1-5(13)2-6;/h3-6H,1-2,13H2,(H,15,16);1H/t5-,6+;. The lowest BCUT2D eigenvalue weighted by molar-refractivity contribution is -0.141. The summed E-state index contributed by atoms with van der Waals surface area (Å²) in [6.07, 6.45) is -1.01. The average Bonchev–Trinajstić information content (AvgIpc) is 2.15. The van der Waals surface area contributed by atoms with Crippen LogP contribution < -0.4 is 11.1 Å². The number of nitrogens with two attached hydrogens (primary N) is 1. The maximum atomic E-state index is 12.2. The van der Waals surface area contributed by atoms with Gasteiger partial charge in [-0.05, 0) is 12.8 Å². The molecule has 0 saturated heterocycles. The van der Waals surface area contributed by atoms with Gasteiger partial charge in [-0.15, -0.1) is 12.4 Å². The maximum Gasteiger partial charge on any atom is 0.434 e. The second-order valence-electron chi connectivity index (χ2n) is 3.86. The quantitative estimate of drug-likeness (QED) is 0.859. The first-order valence-corrected chi connectivity index (χ1v) is 4.86. The van der Waals surface area contributed by atoms with Gasteiger partial charge in [0, 0.05) is 12.1 Å². The third kappa shape index (κ3) is 3.44. The molecule has 17 heavy (non-hydrogen) atoms. The van der Waals surface area contributed by atoms with Crippen molar-refractivity contribution < 1.29 is 13.2 Å². The molecule has 1 saturated carbocycles. The zero-order valence-electron chi connectivity index (χ0n) is 8.74. The van der Waals surface area contributed by atoms with Crippen LogP contribution in [0.1, 0.15) is 18.5 Å². The first-order valence-electron chi connectivity index (χ1n) is 4.86. The van der Waals surface area contributed by atoms with Gasteiger partial charge in [0.05, 0.1) is 12.4 Å². The van der Waals surface area contributed by atoms with E-state index in [0.717, 1.165) is 25.2 Å². The zero-order chi connectivity index (χ0) is 11.8. The number of hydrogen-bond acceptors (Lipinski definition) is 4. The van der Waals surface area contributed by atoms with Gasteiger partial charge in [0.15, 0.2) is 5.69 Å². The lowest BCUT2D eigenvalue weighted by Gasteiger charge is -2.33. The van der Waals surface area contributed by atoms with Gasteiger partial charge < -0.3 is 11.1 Å². The van der Waals surface area contributed by atoms with Crippen LogP contribution in [0, 0.1) is 0 Å². The first-order chi connectivity index (χ1) is 7.45. The minimum atomic E-state index is -4.44. The lowest BCUT2D eigenvalue weighted by atomic mass is 9.88. The summed E-state index contributed by atoms with van der Waals surface area (Å²) in [5.41, 5.74) is 4.60. The number of alkyl halides is 3. The van der Waals surface area contributed by atoms with Crippen LogP contribution in [-0.4, -0.2) is 22.1 Å². The molecule has 1 fully saturated rings. The topological polar surface area (TPSA) is 63.8 Å². The van der Waals surface area contributed by atoms with Gasteiger partial charge in [-0.1, -0.05) is 0 Å². The number of nitrogens with one attached hydrogen (secondary N) is 1. The maximum absolute atomic E-state index is 12.2. The van der Waals surface area contributed by atoms with Crippen LogP contribution in [0.15, 0.2) is 12.4 Å². The molecule has 0 atom stereocenters. The minimum Gasteiger partial charge on any atom is -0.366 e. The molecule has 0 spiro atoms. The van der Waals surface area contributed by atoms with Crippen LogP contribution in [0.4, 0.5) is 19.0 Å². The van der Waals surface area contributed by atoms with Gasteiger partial charge in [-0.25, -0.2) is 9.97 Å². The van der Waals surface area contributed by atoms with E-state index in [1.54, 1.807) is 0 Å². The van der Waals surface area contributed by atoms with Crippen LogP contribution in [0.3, 0.4) is 0 Å². The van der Waals surface area contributed by atoms with Crippen molar-refractivity contribution in [2.45, 2.75) is 31.1 Å². The van der Waals surface area contributed by atoms with Gasteiger partial charge >= 0.3 is 6.18 Å². The number of nitrogens with zero attached hydrogens (tertiary/aromatic N) is 2. The molecule has 0 radical (unpaired) electrons. The Morgan fingerprint density at radius 1 is 1.24 bits per heavy atom. The van der Waals surface area contributed by atoms with Crippen LogP contribution in [0.5, 0.6) is 0 Å². The van der Waals surface area contributed by atoms with Gasteiger partial charge in [-0.3, -0.25) is 0 Å². The van der Waals surface area contributed by atoms with E-state index in [1.165, 1.54) is 0 Å². The normalized spacial score (nSPS) is 23.5. The Balaban J connectivity index is 0.00000144. The molecule has 3 N–H and O–H groups in total. The molecule has 0 bridgehead atoms. The molecule has 0 amide bonds. The molecule has 2 rings (SSSR count). The van der Waals surface area contributed by atoms with E-state index < -0.39 is 11.9 Å². The third-order valence-electron chi connectivity index (χ3n) is 2.47. The SMILES string of the molecule is Cl.N[C@H]1C[C@@H](Nc2cnc(C(F)(F)F)cn2)C1. The average molecular weight is 269 g/mol. The predicted molar refractivity (Wildman–Crippen MR) is 58.9 cm³/mol. The van der Waals surface area contributed by atoms with Crippen molar-refractivity contribution in [3.8, 4) is 0 Å². The van der Waals surface area contributed by atoms with Crippen LogP contribution in [-0.2, 0) is 6.18 Å². The van der Waals surface area contributed by atoms with Crippen molar-refractivity contribution in [3.05, 3.63) is 18.1 Å². The molecule has 1 aromatic rings. The summed E-state index contributed by atoms with van der Waals surface area (Å²) in [4.78, 5) is 6.96. The summed E-state index contributed by atoms with van der Waals surface area (Å²) in [7, 11) is 0. The van der Waals surface area contributed by atoms with Gasteiger partial charge in [-0.2, -0.15) is 13.2 Å². The third-order valence-corrected chi connectivity index (χ3v) is 2.47. The zero-order valence-corrected chi connectivity index (χ0v) is 9.55. The molecule has 0 aliphatic heterocycles. The lowest BCUT2D eigenvalue weighted by Crippen LogP contribution is -2.44. The van der Waals surface area contributed by atoms with Crippen LogP contribution in [0.2, 0.25) is 0 Å². The second kappa shape index (κ2) is 5.05. The Morgan fingerprint density at radius 3 is 2.29 bits per heavy atom. The predicted octanol–water partition coefficient (Wildman–Crippen LogP) is 1.82. The van der Waals surface area contributed by atoms with Crippen molar-refractivity contribution >= 4 is 18.2 Å². The fraction of sp³-hybridized carbons (Fsp3) is 0.556. The Hall–Kier alpha value is -1.08. The minimum absolute atomic E-state index is 0. The molecular formula is C9H12ClF3N4. The molecule has 0 aromatic carbocycles. The molecule has 1 heterocycles. The Morgan fingerprint density at radius 2 is 1.88 bits per heavy atom. The molecule has 4 nitrogen and oxygen atoms in total. The molecule has 1 aliphatic carbocycles. The van der Waals surface area contributed by atoms with Crippen molar-refractivity contribution in [2.75, 3.05) is 5.32 Å². The van der Waals surface area contributed by atoms with E-state index >= 15 is 0 Å². The number of aromatic nitrogens is 2. The summed E-state index contributed by atoms with van der Waals surface area (Å²) in [6, 6.07) is 0.376. The van der Waals surface area contributed by atoms with Crippen molar-refractivity contribution in [3.63, 3.8) is 0 Å². The van der Waals surface area contributed by atoms with E-state index in [1.807, 2.05) is 0 Å². The first kappa shape index (κ1) is 14.0. The van der Waals surface area contributed by atoms with Crippen molar-refractivity contribution in [2.24, 2.45) is 5.73 Å². The molecule has 0 unspecified atom stereocenters. The fourth-order valence-electron chi connectivity index (χ4n) is 1.54. The highest BCUT2D eigenvalue weighted by atomic mass is 35.5. The molecule has 96 valence electrons. The Labute approximate surface area is 102 Å². The van der Waals surface area contributed by atoms with Crippen molar-refractivity contribution in [1.29, 1.82) is 0 Å². The summed E-state index contributed by atoms with van der Waals surface area (Å²) in [6.45, 7) is 0. The van der Waals surface area contributed by atoms with Gasteiger partial charge in [0.1, 0.15) is 5.82 Å². The van der Waals surface area contributed by atoms with Gasteiger partial charge in [0.25, 0.3) is 0 Å². The smallest absolute Gasteiger partial charge is 0.366 e. The second-order valence-corrected chi connectivity index (χ2v) is 3.86. The number of anilines is 1. The summed E-state index contributed by atoms with van der Waals surface area (Å²) in [5, 5.41) is 2.97. The van der Waals surface area contributed by atoms with Crippen molar-refractivity contribution in [1.82, 2.24) is 9.97 Å². The number of halogens is 4. The fourth-order valence-corrected chi connectivity index (χ4v) is 1.54. The Kier molecular flexibility index (Phi) is 4.16. The number of hydrogen-bond donors (Lipinski definition) is 2. The summed E-state index contributed by atoms with van der Waals surface area (Å²) < 4.78 is 36.5. The monoisotopic (exact) mass is 268 g/mol. The van der Waals surface area contributed by atoms with E-state index in [0.29, 0.717) is 5.82 Å². The van der Waals surface area contributed by atoms with Crippen LogP contribution in [0.25, 0.3) is 0 Å². The molecule has 1 aliphatic rings. The van der Waals surface area contributed by atoms with E-state index in [4.69, 9.17) is 5.73 Å². The molecule has 1 aromatic heterocycles. The highest BCUT2D eigenvalue weighted by Gasteiger charge is 2.33. The number of rotatable bonds is 2. The van der Waals surface area contributed by atoms with Crippen LogP contribution >= 0.6 is 12.4 Å². The van der Waals surface area contributed by atoms with E-state index in [9.17, 15) is 13.2 Å². The molecular weight excluding hydrogens is 257 g/mol. The highest BCUT2D eigenvalue weighted by molar-refractivity contribution is 5.85.